The summed E-state index contributed by atoms with van der Waals surface area (Å²) in [5.41, 5.74) is 7.40. The van der Waals surface area contributed by atoms with Crippen LogP contribution in [0.15, 0.2) is 35.1 Å². The van der Waals surface area contributed by atoms with Crippen molar-refractivity contribution in [3.63, 3.8) is 0 Å². The maximum absolute atomic E-state index is 11.4. The van der Waals surface area contributed by atoms with Crippen LogP contribution in [0.5, 0.6) is 5.75 Å². The molecule has 0 fully saturated rings. The molecule has 5 heteroatoms. The van der Waals surface area contributed by atoms with Gasteiger partial charge in [-0.1, -0.05) is 6.92 Å². The average Bonchev–Trinajstić information content (AvgIpc) is 2.46. The van der Waals surface area contributed by atoms with E-state index in [4.69, 9.17) is 10.5 Å². The van der Waals surface area contributed by atoms with Crippen molar-refractivity contribution in [1.82, 2.24) is 10.2 Å². The number of benzene rings is 1. The summed E-state index contributed by atoms with van der Waals surface area (Å²) >= 11 is 0. The summed E-state index contributed by atoms with van der Waals surface area (Å²) < 4.78 is 5.51. The molecule has 3 N–H and O–H groups in total. The molecule has 0 unspecified atom stereocenters. The first-order valence-electron chi connectivity index (χ1n) is 6.26. The van der Waals surface area contributed by atoms with Gasteiger partial charge >= 0.3 is 0 Å². The van der Waals surface area contributed by atoms with Crippen molar-refractivity contribution in [2.24, 2.45) is 5.73 Å². The van der Waals surface area contributed by atoms with Gasteiger partial charge in [0.15, 0.2) is 0 Å². The zero-order valence-electron chi connectivity index (χ0n) is 10.8. The number of nitrogens with one attached hydrogen (secondary N) is 1. The molecule has 0 saturated carbocycles. The second kappa shape index (κ2) is 6.15. The van der Waals surface area contributed by atoms with Gasteiger partial charge < -0.3 is 10.5 Å². The number of rotatable bonds is 5. The van der Waals surface area contributed by atoms with Gasteiger partial charge in [-0.15, -0.1) is 0 Å². The minimum atomic E-state index is -0.242. The Balaban J connectivity index is 2.24. The Morgan fingerprint density at radius 3 is 2.68 bits per heavy atom. The van der Waals surface area contributed by atoms with Gasteiger partial charge in [0.25, 0.3) is 5.56 Å². The lowest BCUT2D eigenvalue weighted by molar-refractivity contribution is 0.317. The molecule has 1 aromatic carbocycles. The van der Waals surface area contributed by atoms with Crippen molar-refractivity contribution < 1.29 is 4.74 Å². The predicted octanol–water partition coefficient (Wildman–Crippen LogP) is 1.68. The van der Waals surface area contributed by atoms with Crippen molar-refractivity contribution in [2.45, 2.75) is 19.9 Å². The Bertz CT molecular complexity index is 590. The molecule has 100 valence electrons. The predicted molar refractivity (Wildman–Crippen MR) is 74.0 cm³/mol. The third-order valence-electron chi connectivity index (χ3n) is 2.72. The molecule has 0 saturated heterocycles. The van der Waals surface area contributed by atoms with Gasteiger partial charge in [-0.05, 0) is 36.8 Å². The van der Waals surface area contributed by atoms with Crippen molar-refractivity contribution in [3.8, 4) is 17.0 Å². The van der Waals surface area contributed by atoms with Crippen LogP contribution in [0.1, 0.15) is 18.9 Å². The largest absolute Gasteiger partial charge is 0.494 e. The fraction of sp³-hybridized carbons (Fsp3) is 0.286. The fourth-order valence-corrected chi connectivity index (χ4v) is 1.69. The van der Waals surface area contributed by atoms with Gasteiger partial charge in [-0.2, -0.15) is 5.10 Å². The van der Waals surface area contributed by atoms with E-state index >= 15 is 0 Å². The van der Waals surface area contributed by atoms with Crippen LogP contribution in [-0.2, 0) is 6.54 Å². The van der Waals surface area contributed by atoms with E-state index in [9.17, 15) is 4.79 Å². The summed E-state index contributed by atoms with van der Waals surface area (Å²) in [6.07, 6.45) is 0.975. The second-order valence-corrected chi connectivity index (χ2v) is 4.18. The summed E-state index contributed by atoms with van der Waals surface area (Å²) in [5.74, 6) is 0.828. The third-order valence-corrected chi connectivity index (χ3v) is 2.72. The fourth-order valence-electron chi connectivity index (χ4n) is 1.69. The number of aromatic amines is 1. The third kappa shape index (κ3) is 3.20. The molecule has 2 aromatic rings. The number of aromatic nitrogens is 2. The lowest BCUT2D eigenvalue weighted by Crippen LogP contribution is -2.17. The average molecular weight is 259 g/mol. The van der Waals surface area contributed by atoms with E-state index in [0.29, 0.717) is 17.9 Å². The number of hydrogen-bond donors (Lipinski definition) is 2. The topological polar surface area (TPSA) is 81.0 Å². The Labute approximate surface area is 111 Å². The number of nitrogens with two attached hydrogens (primary N) is 1. The van der Waals surface area contributed by atoms with Crippen LogP contribution in [0.2, 0.25) is 0 Å². The molecule has 5 nitrogen and oxygen atoms in total. The summed E-state index contributed by atoms with van der Waals surface area (Å²) in [5, 5.41) is 6.47. The van der Waals surface area contributed by atoms with Crippen LogP contribution in [-0.4, -0.2) is 16.8 Å². The Morgan fingerprint density at radius 1 is 1.32 bits per heavy atom. The molecular formula is C14H17N3O2. The van der Waals surface area contributed by atoms with Crippen LogP contribution in [0, 0.1) is 0 Å². The van der Waals surface area contributed by atoms with Crippen molar-refractivity contribution in [2.75, 3.05) is 6.61 Å². The lowest BCUT2D eigenvalue weighted by atomic mass is 10.1. The van der Waals surface area contributed by atoms with Crippen molar-refractivity contribution >= 4 is 0 Å². The van der Waals surface area contributed by atoms with Gasteiger partial charge in [0.05, 0.1) is 12.3 Å². The first kappa shape index (κ1) is 13.3. The van der Waals surface area contributed by atoms with E-state index < -0.39 is 0 Å². The molecule has 0 aliphatic rings. The van der Waals surface area contributed by atoms with E-state index in [0.717, 1.165) is 17.7 Å². The van der Waals surface area contributed by atoms with Crippen molar-refractivity contribution in [1.29, 1.82) is 0 Å². The van der Waals surface area contributed by atoms with E-state index in [1.54, 1.807) is 6.07 Å². The van der Waals surface area contributed by atoms with Crippen LogP contribution in [0.25, 0.3) is 11.3 Å². The number of hydrogen-bond acceptors (Lipinski definition) is 4. The van der Waals surface area contributed by atoms with Crippen LogP contribution in [0.3, 0.4) is 0 Å². The molecular weight excluding hydrogens is 242 g/mol. The van der Waals surface area contributed by atoms with Crippen LogP contribution < -0.4 is 16.0 Å². The lowest BCUT2D eigenvalue weighted by Gasteiger charge is -2.06. The molecule has 0 radical (unpaired) electrons. The molecule has 0 aliphatic carbocycles. The summed E-state index contributed by atoms with van der Waals surface area (Å²) in [6, 6.07) is 9.30. The molecule has 0 spiro atoms. The zero-order chi connectivity index (χ0) is 13.7. The Kier molecular flexibility index (Phi) is 4.30. The van der Waals surface area contributed by atoms with Crippen molar-refractivity contribution in [3.05, 3.63) is 46.2 Å². The van der Waals surface area contributed by atoms with E-state index in [2.05, 4.69) is 17.1 Å². The van der Waals surface area contributed by atoms with Crippen LogP contribution >= 0.6 is 0 Å². The highest BCUT2D eigenvalue weighted by Gasteiger charge is 2.04. The molecule has 0 amide bonds. The minimum Gasteiger partial charge on any atom is -0.494 e. The first-order valence-corrected chi connectivity index (χ1v) is 6.26. The molecule has 0 aliphatic heterocycles. The van der Waals surface area contributed by atoms with Gasteiger partial charge in [0, 0.05) is 17.7 Å². The summed E-state index contributed by atoms with van der Waals surface area (Å²) in [6.45, 7) is 2.96. The number of nitrogens with zero attached hydrogens (tertiary/aromatic N) is 1. The molecule has 1 heterocycles. The van der Waals surface area contributed by atoms with Gasteiger partial charge in [-0.25, -0.2) is 5.10 Å². The van der Waals surface area contributed by atoms with Gasteiger partial charge in [0.1, 0.15) is 5.75 Å². The molecule has 1 aromatic heterocycles. The summed E-state index contributed by atoms with van der Waals surface area (Å²) in [7, 11) is 0. The maximum Gasteiger partial charge on any atom is 0.268 e. The number of H-pyrrole nitrogens is 1. The quantitative estimate of drug-likeness (QED) is 0.856. The van der Waals surface area contributed by atoms with Gasteiger partial charge in [0.2, 0.25) is 0 Å². The highest BCUT2D eigenvalue weighted by Crippen LogP contribution is 2.20. The van der Waals surface area contributed by atoms with E-state index in [1.807, 2.05) is 24.3 Å². The van der Waals surface area contributed by atoms with Crippen LogP contribution in [0.4, 0.5) is 0 Å². The Morgan fingerprint density at radius 2 is 2.05 bits per heavy atom. The van der Waals surface area contributed by atoms with Gasteiger partial charge in [-0.3, -0.25) is 4.79 Å². The normalized spacial score (nSPS) is 10.4. The first-order chi connectivity index (χ1) is 9.24. The standard InChI is InChI=1S/C14H17N3O2/c1-2-7-19-12-5-3-10(4-6-12)13-8-11(9-15)14(18)17-16-13/h3-6,8H,2,7,9,15H2,1H3,(H,17,18). The highest BCUT2D eigenvalue weighted by atomic mass is 16.5. The highest BCUT2D eigenvalue weighted by molar-refractivity contribution is 5.60. The molecule has 0 bridgehead atoms. The molecule has 0 atom stereocenters. The molecule has 19 heavy (non-hydrogen) atoms. The SMILES string of the molecule is CCCOc1ccc(-c2cc(CN)c(=O)[nH]n2)cc1. The monoisotopic (exact) mass is 259 g/mol. The minimum absolute atomic E-state index is 0.197. The number of ether oxygens (including phenoxy) is 1. The van der Waals surface area contributed by atoms with E-state index in [1.165, 1.54) is 0 Å². The Hall–Kier alpha value is -2.14. The zero-order valence-corrected chi connectivity index (χ0v) is 10.8. The molecule has 2 rings (SSSR count). The second-order valence-electron chi connectivity index (χ2n) is 4.18. The summed E-state index contributed by atoms with van der Waals surface area (Å²) in [4.78, 5) is 11.4. The smallest absolute Gasteiger partial charge is 0.268 e. The maximum atomic E-state index is 11.4. The van der Waals surface area contributed by atoms with E-state index in [-0.39, 0.29) is 12.1 Å².